The molecular formula is C18H19N3O4S2. The number of sulfonamides is 1. The van der Waals surface area contributed by atoms with Gasteiger partial charge < -0.3 is 10.1 Å². The van der Waals surface area contributed by atoms with E-state index in [2.05, 4.69) is 16.1 Å². The third-order valence-electron chi connectivity index (χ3n) is 4.30. The number of fused-ring (bicyclic) bond motifs is 1. The number of nitriles is 1. The van der Waals surface area contributed by atoms with Gasteiger partial charge in [0.05, 0.1) is 23.3 Å². The Morgan fingerprint density at radius 3 is 2.70 bits per heavy atom. The van der Waals surface area contributed by atoms with Crippen LogP contribution in [0.2, 0.25) is 0 Å². The summed E-state index contributed by atoms with van der Waals surface area (Å²) in [5, 5.41) is 12.4. The summed E-state index contributed by atoms with van der Waals surface area (Å²) in [6.07, 6.45) is 3.71. The molecule has 27 heavy (non-hydrogen) atoms. The van der Waals surface area contributed by atoms with Gasteiger partial charge in [-0.1, -0.05) is 0 Å². The highest BCUT2D eigenvalue weighted by Crippen LogP contribution is 2.39. The molecule has 1 aliphatic rings. The minimum atomic E-state index is -3.93. The molecule has 1 aromatic carbocycles. The van der Waals surface area contributed by atoms with Crippen molar-refractivity contribution in [2.24, 2.45) is 0 Å². The smallest absolute Gasteiger partial charge is 0.262 e. The molecule has 0 saturated carbocycles. The van der Waals surface area contributed by atoms with Crippen molar-refractivity contribution in [3.05, 3.63) is 34.2 Å². The van der Waals surface area contributed by atoms with Crippen molar-refractivity contribution in [3.8, 4) is 11.8 Å². The molecule has 0 unspecified atom stereocenters. The van der Waals surface area contributed by atoms with Crippen LogP contribution in [0.5, 0.6) is 5.75 Å². The number of amides is 1. The highest BCUT2D eigenvalue weighted by atomic mass is 32.2. The molecule has 0 saturated heterocycles. The van der Waals surface area contributed by atoms with Gasteiger partial charge in [-0.3, -0.25) is 9.52 Å². The van der Waals surface area contributed by atoms with Crippen molar-refractivity contribution >= 4 is 38.0 Å². The summed E-state index contributed by atoms with van der Waals surface area (Å²) in [6.45, 7) is 1.33. The van der Waals surface area contributed by atoms with E-state index >= 15 is 0 Å². The van der Waals surface area contributed by atoms with Crippen molar-refractivity contribution in [1.82, 2.24) is 0 Å². The van der Waals surface area contributed by atoms with Gasteiger partial charge in [0.15, 0.2) is 0 Å². The first-order valence-corrected chi connectivity index (χ1v) is 10.7. The van der Waals surface area contributed by atoms with Gasteiger partial charge in [-0.2, -0.15) is 5.26 Å². The van der Waals surface area contributed by atoms with Gasteiger partial charge in [0.25, 0.3) is 10.0 Å². The number of nitrogens with zero attached hydrogens (tertiary/aromatic N) is 1. The molecule has 7 nitrogen and oxygen atoms in total. The monoisotopic (exact) mass is 405 g/mol. The number of carbonyl (C=O) groups excluding carboxylic acids is 1. The second kappa shape index (κ2) is 7.58. The van der Waals surface area contributed by atoms with Gasteiger partial charge in [0.2, 0.25) is 5.91 Å². The highest BCUT2D eigenvalue weighted by molar-refractivity contribution is 7.93. The van der Waals surface area contributed by atoms with E-state index in [0.717, 1.165) is 36.1 Å². The lowest BCUT2D eigenvalue weighted by Gasteiger charge is -2.12. The third-order valence-corrected chi connectivity index (χ3v) is 6.99. The molecule has 1 aliphatic carbocycles. The Morgan fingerprint density at radius 1 is 1.30 bits per heavy atom. The van der Waals surface area contributed by atoms with E-state index in [1.54, 1.807) is 0 Å². The fourth-order valence-corrected chi connectivity index (χ4v) is 5.65. The molecule has 0 atom stereocenters. The summed E-state index contributed by atoms with van der Waals surface area (Å²) in [5.41, 5.74) is 1.63. The van der Waals surface area contributed by atoms with E-state index in [1.807, 2.05) is 0 Å². The summed E-state index contributed by atoms with van der Waals surface area (Å²) in [6, 6.07) is 6.35. The molecule has 0 aliphatic heterocycles. The quantitative estimate of drug-likeness (QED) is 0.794. The number of anilines is 2. The van der Waals surface area contributed by atoms with Crippen molar-refractivity contribution in [2.45, 2.75) is 37.5 Å². The van der Waals surface area contributed by atoms with E-state index in [0.29, 0.717) is 16.3 Å². The molecular weight excluding hydrogens is 386 g/mol. The van der Waals surface area contributed by atoms with Crippen molar-refractivity contribution < 1.29 is 17.9 Å². The van der Waals surface area contributed by atoms with Gasteiger partial charge in [-0.25, -0.2) is 8.42 Å². The number of aryl methyl sites for hydroxylation is 1. The Kier molecular flexibility index (Phi) is 5.39. The van der Waals surface area contributed by atoms with Crippen LogP contribution < -0.4 is 14.8 Å². The maximum absolute atomic E-state index is 12.9. The lowest BCUT2D eigenvalue weighted by atomic mass is 9.96. The minimum Gasteiger partial charge on any atom is -0.495 e. The number of benzene rings is 1. The number of rotatable bonds is 5. The number of hydrogen-bond acceptors (Lipinski definition) is 6. The lowest BCUT2D eigenvalue weighted by molar-refractivity contribution is -0.114. The Hall–Kier alpha value is -2.57. The maximum atomic E-state index is 12.9. The molecule has 0 bridgehead atoms. The van der Waals surface area contributed by atoms with Crippen molar-refractivity contribution in [1.29, 1.82) is 5.26 Å². The molecule has 9 heteroatoms. The Balaban J connectivity index is 1.97. The number of nitrogens with one attached hydrogen (secondary N) is 2. The summed E-state index contributed by atoms with van der Waals surface area (Å²) in [4.78, 5) is 12.4. The van der Waals surface area contributed by atoms with E-state index in [-0.39, 0.29) is 16.5 Å². The zero-order valence-electron chi connectivity index (χ0n) is 15.0. The molecule has 0 spiro atoms. The Bertz CT molecular complexity index is 1040. The van der Waals surface area contributed by atoms with Gasteiger partial charge in [0.1, 0.15) is 16.8 Å². The highest BCUT2D eigenvalue weighted by Gasteiger charge is 2.25. The lowest BCUT2D eigenvalue weighted by Crippen LogP contribution is -2.14. The Morgan fingerprint density at radius 2 is 2.04 bits per heavy atom. The number of carbonyl (C=O) groups is 1. The fraction of sp³-hybridized carbons (Fsp3) is 0.333. The first-order chi connectivity index (χ1) is 12.9. The molecule has 1 aromatic heterocycles. The van der Waals surface area contributed by atoms with E-state index in [1.165, 1.54) is 43.6 Å². The molecule has 1 amide bonds. The first-order valence-electron chi connectivity index (χ1n) is 8.39. The summed E-state index contributed by atoms with van der Waals surface area (Å²) in [7, 11) is -2.49. The van der Waals surface area contributed by atoms with Crippen LogP contribution in [-0.4, -0.2) is 21.4 Å². The second-order valence-corrected chi connectivity index (χ2v) is 8.96. The van der Waals surface area contributed by atoms with Gasteiger partial charge in [-0.05, 0) is 49.4 Å². The predicted molar refractivity (Wildman–Crippen MR) is 104 cm³/mol. The Labute approximate surface area is 162 Å². The normalized spacial score (nSPS) is 13.4. The van der Waals surface area contributed by atoms with Crippen molar-refractivity contribution in [3.63, 3.8) is 0 Å². The predicted octanol–water partition coefficient (Wildman–Crippen LogP) is 3.27. The summed E-state index contributed by atoms with van der Waals surface area (Å²) < 4.78 is 33.4. The zero-order valence-corrected chi connectivity index (χ0v) is 16.6. The summed E-state index contributed by atoms with van der Waals surface area (Å²) >= 11 is 1.32. The molecule has 2 aromatic rings. The van der Waals surface area contributed by atoms with Crippen LogP contribution in [0, 0.1) is 11.3 Å². The van der Waals surface area contributed by atoms with Crippen LogP contribution >= 0.6 is 11.3 Å². The minimum absolute atomic E-state index is 0.0256. The fourth-order valence-electron chi connectivity index (χ4n) is 3.08. The number of thiophene rings is 1. The molecule has 0 radical (unpaired) electrons. The standard InChI is InChI=1S/C18H19N3O4S2/c1-11(22)20-15-9-12(7-8-16(15)25-2)27(23,24)21-18-14(10-19)13-5-3-4-6-17(13)26-18/h7-9,21H,3-6H2,1-2H3,(H,20,22). The second-order valence-electron chi connectivity index (χ2n) is 6.18. The molecule has 0 fully saturated rings. The van der Waals surface area contributed by atoms with Crippen LogP contribution in [0.1, 0.15) is 35.8 Å². The third kappa shape index (κ3) is 3.91. The number of hydrogen-bond donors (Lipinski definition) is 2. The number of ether oxygens (including phenoxy) is 1. The van der Waals surface area contributed by atoms with Gasteiger partial charge in [-0.15, -0.1) is 11.3 Å². The van der Waals surface area contributed by atoms with E-state index < -0.39 is 10.0 Å². The van der Waals surface area contributed by atoms with Gasteiger partial charge >= 0.3 is 0 Å². The molecule has 3 rings (SSSR count). The maximum Gasteiger partial charge on any atom is 0.262 e. The van der Waals surface area contributed by atoms with Crippen LogP contribution in [0.4, 0.5) is 10.7 Å². The summed E-state index contributed by atoms with van der Waals surface area (Å²) in [5.74, 6) is 0.0157. The topological polar surface area (TPSA) is 108 Å². The van der Waals surface area contributed by atoms with E-state index in [9.17, 15) is 18.5 Å². The first kappa shape index (κ1) is 19.2. The SMILES string of the molecule is COc1ccc(S(=O)(=O)Nc2sc3c(c2C#N)CCCC3)cc1NC(C)=O. The van der Waals surface area contributed by atoms with Gasteiger partial charge in [0, 0.05) is 11.8 Å². The largest absolute Gasteiger partial charge is 0.495 e. The molecule has 1 heterocycles. The average molecular weight is 406 g/mol. The van der Waals surface area contributed by atoms with E-state index in [4.69, 9.17) is 4.74 Å². The van der Waals surface area contributed by atoms with Crippen LogP contribution in [0.25, 0.3) is 0 Å². The average Bonchev–Trinajstić information content (AvgIpc) is 2.97. The zero-order chi connectivity index (χ0) is 19.6. The molecule has 142 valence electrons. The van der Waals surface area contributed by atoms with Crippen LogP contribution in [0.15, 0.2) is 23.1 Å². The van der Waals surface area contributed by atoms with Crippen LogP contribution in [-0.2, 0) is 27.7 Å². The number of methoxy groups -OCH3 is 1. The van der Waals surface area contributed by atoms with Crippen molar-refractivity contribution in [2.75, 3.05) is 17.1 Å². The van der Waals surface area contributed by atoms with Crippen LogP contribution in [0.3, 0.4) is 0 Å². The molecule has 2 N–H and O–H groups in total.